The summed E-state index contributed by atoms with van der Waals surface area (Å²) in [6, 6.07) is 19.9. The molecule has 2 aliphatic carbocycles. The number of ketones is 1. The number of halogens is 2. The van der Waals surface area contributed by atoms with Crippen molar-refractivity contribution in [2.45, 2.75) is 64.1 Å². The van der Waals surface area contributed by atoms with Crippen LogP contribution in [0, 0.1) is 67.2 Å². The Bertz CT molecular complexity index is 1550. The number of carbonyl (C=O) groups is 1. The summed E-state index contributed by atoms with van der Waals surface area (Å²) in [6.07, 6.45) is 6.87. The van der Waals surface area contributed by atoms with Crippen molar-refractivity contribution in [2.24, 2.45) is 17.3 Å². The molecule has 3 fully saturated rings. The summed E-state index contributed by atoms with van der Waals surface area (Å²) < 4.78 is 21.1. The summed E-state index contributed by atoms with van der Waals surface area (Å²) >= 11 is 5.98. The largest absolute Gasteiger partial charge is 2.00 e. The number of hydrogen-bond acceptors (Lipinski definition) is 5. The van der Waals surface area contributed by atoms with E-state index in [4.69, 9.17) is 16.3 Å². The maximum absolute atomic E-state index is 14.8. The van der Waals surface area contributed by atoms with Gasteiger partial charge in [-0.3, -0.25) is 11.7 Å². The predicted molar refractivity (Wildman–Crippen MR) is 171 cm³/mol. The van der Waals surface area contributed by atoms with Crippen LogP contribution in [0.1, 0.15) is 68.3 Å². The molecule has 228 valence electrons. The van der Waals surface area contributed by atoms with Crippen LogP contribution in [0.15, 0.2) is 54.6 Å². The molecule has 5 nitrogen and oxygen atoms in total. The maximum atomic E-state index is 14.8. The van der Waals surface area contributed by atoms with Crippen molar-refractivity contribution >= 4 is 34.4 Å². The van der Waals surface area contributed by atoms with Gasteiger partial charge in [-0.1, -0.05) is 24.1 Å². The monoisotopic (exact) mass is 837 g/mol. The molecule has 44 heavy (non-hydrogen) atoms. The molecule has 2 heterocycles. The molecule has 0 bridgehead atoms. The number of benzene rings is 3. The van der Waals surface area contributed by atoms with Crippen LogP contribution >= 0.6 is 11.6 Å². The molecular weight excluding hydrogens is 799 g/mol. The number of rotatable bonds is 8. The smallest absolute Gasteiger partial charge is 0.539 e. The molecule has 8 heteroatoms. The molecule has 3 aromatic rings. The van der Waals surface area contributed by atoms with Crippen molar-refractivity contribution in [1.29, 1.82) is 0 Å². The average Bonchev–Trinajstić information content (AvgIpc) is 3.51. The molecule has 2 saturated carbocycles. The topological polar surface area (TPSA) is 44.8 Å². The number of anilines is 3. The van der Waals surface area contributed by atoms with Crippen molar-refractivity contribution in [2.75, 3.05) is 34.8 Å². The van der Waals surface area contributed by atoms with E-state index in [2.05, 4.69) is 53.2 Å². The van der Waals surface area contributed by atoms with Gasteiger partial charge in [0.2, 0.25) is 0 Å². The van der Waals surface area contributed by atoms with E-state index in [1.165, 1.54) is 24.6 Å². The molecule has 0 radical (unpaired) electrons. The van der Waals surface area contributed by atoms with Gasteiger partial charge in [-0.25, -0.2) is 4.39 Å². The number of nitrogens with zero attached hydrogens (tertiary/aromatic N) is 2. The van der Waals surface area contributed by atoms with Crippen molar-refractivity contribution in [3.05, 3.63) is 89.6 Å². The molecule has 1 saturated heterocycles. The van der Waals surface area contributed by atoms with Gasteiger partial charge in [-0.05, 0) is 92.9 Å². The van der Waals surface area contributed by atoms with E-state index in [1.807, 2.05) is 18.2 Å². The summed E-state index contributed by atoms with van der Waals surface area (Å²) in [7, 11) is 0. The molecule has 3 unspecified atom stereocenters. The molecule has 0 aromatic heterocycles. The van der Waals surface area contributed by atoms with Crippen molar-refractivity contribution in [3.63, 3.8) is 0 Å². The zero-order chi connectivity index (χ0) is 29.9. The van der Waals surface area contributed by atoms with Crippen LogP contribution in [0.4, 0.5) is 21.5 Å². The summed E-state index contributed by atoms with van der Waals surface area (Å²) in [5, 5.41) is 4.16. The minimum atomic E-state index is -1.14. The number of nitrogens with one attached hydrogen (secondary N) is 1. The first-order valence-electron chi connectivity index (χ1n) is 15.7. The van der Waals surface area contributed by atoms with Crippen LogP contribution in [0.3, 0.4) is 0 Å². The maximum Gasteiger partial charge on any atom is 2.00 e. The number of Topliss-reactive ketones (excluding diaryl/α,β-unsaturated/α-hetero) is 1. The Labute approximate surface area is 289 Å². The van der Waals surface area contributed by atoms with Gasteiger partial charge in [0.15, 0.2) is 5.78 Å². The Morgan fingerprint density at radius 2 is 1.95 bits per heavy atom. The molecule has 2 aliphatic heterocycles. The first kappa shape index (κ1) is 31.8. The number of hydrogen-bond donors (Lipinski definition) is 1. The summed E-state index contributed by atoms with van der Waals surface area (Å²) in [5.41, 5.74) is 3.65. The van der Waals surface area contributed by atoms with E-state index in [1.54, 1.807) is 19.1 Å². The minimum Gasteiger partial charge on any atom is -0.539 e. The molecule has 1 N–H and O–H groups in total. The second-order valence-electron chi connectivity index (χ2n) is 13.1. The van der Waals surface area contributed by atoms with Crippen LogP contribution in [-0.4, -0.2) is 31.6 Å². The van der Waals surface area contributed by atoms with Crippen LogP contribution in [0.2, 0.25) is 5.02 Å². The number of para-hydroxylation sites is 1. The Morgan fingerprint density at radius 3 is 2.64 bits per heavy atom. The van der Waals surface area contributed by atoms with E-state index < -0.39 is 11.4 Å². The van der Waals surface area contributed by atoms with E-state index in [0.29, 0.717) is 33.5 Å². The first-order chi connectivity index (χ1) is 20.7. The van der Waals surface area contributed by atoms with E-state index in [-0.39, 0.29) is 43.2 Å². The third-order valence-electron chi connectivity index (χ3n) is 10.4. The normalized spacial score (nSPS) is 23.2. The molecule has 3 atom stereocenters. The minimum absolute atomic E-state index is 0. The van der Waals surface area contributed by atoms with E-state index in [0.717, 1.165) is 62.3 Å². The van der Waals surface area contributed by atoms with Crippen molar-refractivity contribution in [3.8, 4) is 5.75 Å². The molecule has 1 spiro atoms. The van der Waals surface area contributed by atoms with Crippen LogP contribution in [0.25, 0.3) is 0 Å². The van der Waals surface area contributed by atoms with Crippen LogP contribution in [0.5, 0.6) is 5.75 Å². The fourth-order valence-electron chi connectivity index (χ4n) is 7.56. The fraction of sp³-hybridized carbons (Fsp3) is 0.444. The van der Waals surface area contributed by atoms with Gasteiger partial charge < -0.3 is 19.9 Å². The predicted octanol–water partition coefficient (Wildman–Crippen LogP) is 8.27. The van der Waals surface area contributed by atoms with Gasteiger partial charge >= 0.3 is 31.1 Å². The zero-order valence-corrected chi connectivity index (χ0v) is 30.4. The second-order valence-corrected chi connectivity index (χ2v) is 13.5. The van der Waals surface area contributed by atoms with Crippen molar-refractivity contribution < 1.29 is 45.0 Å². The average molecular weight is 838 g/mol. The fourth-order valence-corrected chi connectivity index (χ4v) is 7.72. The SMILES string of the molecule is [CH2-]C(C)(Oc1[c-]cccc1N1CCC2(CC1)CC2C1Nc2ccc(C(=O)C3CCC3)cc2N1CC)c1ccc(Cl)cc1F.[U+2]. The molecule has 4 aliphatic rings. The number of fused-ring (bicyclic) bond motifs is 1. The van der Waals surface area contributed by atoms with Gasteiger partial charge in [-0.15, -0.1) is 12.1 Å². The van der Waals surface area contributed by atoms with Gasteiger partial charge in [0.1, 0.15) is 12.0 Å². The summed E-state index contributed by atoms with van der Waals surface area (Å²) in [4.78, 5) is 17.8. The number of carbonyl (C=O) groups excluding carboxylic acids is 1. The molecular formula is C36H39ClFN3O2U. The second kappa shape index (κ2) is 12.2. The third-order valence-corrected chi connectivity index (χ3v) is 10.6. The number of piperidine rings is 1. The molecule has 0 amide bonds. The molecule has 7 rings (SSSR count). The first-order valence-corrected chi connectivity index (χ1v) is 16.0. The molecule has 3 aromatic carbocycles. The Morgan fingerprint density at radius 1 is 1.18 bits per heavy atom. The number of ether oxygens (including phenoxy) is 1. The Hall–Kier alpha value is -2.20. The van der Waals surface area contributed by atoms with Crippen molar-refractivity contribution in [1.82, 2.24) is 0 Å². The van der Waals surface area contributed by atoms with E-state index in [9.17, 15) is 9.18 Å². The quantitative estimate of drug-likeness (QED) is 0.183. The van der Waals surface area contributed by atoms with Crippen LogP contribution in [-0.2, 0) is 5.60 Å². The summed E-state index contributed by atoms with van der Waals surface area (Å²) in [6.45, 7) is 10.9. The zero-order valence-electron chi connectivity index (χ0n) is 25.5. The third kappa shape index (κ3) is 5.67. The van der Waals surface area contributed by atoms with E-state index >= 15 is 0 Å². The standard InChI is InChI=1S/C36H39ClFN3O2.U/c1-4-41-31-20-24(33(42)23-8-7-9-23)12-15-29(31)39-34(41)27-22-36(27)16-18-40(19-17-36)30-10-5-6-11-32(30)43-35(2,3)26-14-13-25(37)21-28(26)38;/h5-6,10,12-15,20-21,23,27,34,39H,2,4,7-9,16-19,22H2,1,3H3;/q-2;+2. The Balaban J connectivity index is 0.00000343. The van der Waals surface area contributed by atoms with Gasteiger partial charge in [0, 0.05) is 53.4 Å². The van der Waals surface area contributed by atoms with Gasteiger partial charge in [0.05, 0.1) is 11.4 Å². The van der Waals surface area contributed by atoms with Gasteiger partial charge in [0.25, 0.3) is 0 Å². The van der Waals surface area contributed by atoms with Gasteiger partial charge in [-0.2, -0.15) is 12.1 Å². The summed E-state index contributed by atoms with van der Waals surface area (Å²) in [5.74, 6) is 1.22. The van der Waals surface area contributed by atoms with Crippen LogP contribution < -0.4 is 19.9 Å². The Kier molecular flexibility index (Phi) is 8.81.